The largest absolute Gasteiger partial charge is 0.465 e. The van der Waals surface area contributed by atoms with Gasteiger partial charge in [-0.15, -0.1) is 0 Å². The van der Waals surface area contributed by atoms with E-state index in [0.29, 0.717) is 11.3 Å². The van der Waals surface area contributed by atoms with Gasteiger partial charge < -0.3 is 10.1 Å². The van der Waals surface area contributed by atoms with Crippen molar-refractivity contribution in [1.82, 2.24) is 0 Å². The van der Waals surface area contributed by atoms with Crippen LogP contribution in [0.3, 0.4) is 0 Å². The van der Waals surface area contributed by atoms with E-state index in [1.807, 2.05) is 0 Å². The van der Waals surface area contributed by atoms with Gasteiger partial charge in [0.15, 0.2) is 0 Å². The number of ether oxygens (including phenoxy) is 1. The fourth-order valence-electron chi connectivity index (χ4n) is 2.50. The molecule has 0 atom stereocenters. The van der Waals surface area contributed by atoms with Crippen LogP contribution in [0.5, 0.6) is 0 Å². The van der Waals surface area contributed by atoms with E-state index in [0.717, 1.165) is 30.2 Å². The van der Waals surface area contributed by atoms with Gasteiger partial charge in [0.25, 0.3) is 0 Å². The van der Waals surface area contributed by atoms with Crippen LogP contribution in [0.15, 0.2) is 22.7 Å². The summed E-state index contributed by atoms with van der Waals surface area (Å²) in [5.41, 5.74) is 0.877. The molecule has 1 N–H and O–H groups in total. The van der Waals surface area contributed by atoms with Gasteiger partial charge in [-0.3, -0.25) is 4.79 Å². The molecule has 0 radical (unpaired) electrons. The number of carbonyl (C=O) groups excluding carboxylic acids is 2. The van der Waals surface area contributed by atoms with Gasteiger partial charge in [-0.2, -0.15) is 0 Å². The van der Waals surface area contributed by atoms with E-state index in [9.17, 15) is 9.59 Å². The molecule has 1 saturated carbocycles. The predicted molar refractivity (Wildman–Crippen MR) is 80.7 cm³/mol. The van der Waals surface area contributed by atoms with Crippen LogP contribution in [0.1, 0.15) is 42.5 Å². The zero-order valence-electron chi connectivity index (χ0n) is 11.4. The van der Waals surface area contributed by atoms with Crippen molar-refractivity contribution in [3.63, 3.8) is 0 Å². The zero-order valence-corrected chi connectivity index (χ0v) is 13.0. The van der Waals surface area contributed by atoms with E-state index in [1.54, 1.807) is 18.2 Å². The van der Waals surface area contributed by atoms with Crippen molar-refractivity contribution in [2.24, 2.45) is 5.92 Å². The molecule has 108 valence electrons. The van der Waals surface area contributed by atoms with Gasteiger partial charge in [0.05, 0.1) is 18.4 Å². The van der Waals surface area contributed by atoms with Gasteiger partial charge in [0, 0.05) is 10.4 Å². The summed E-state index contributed by atoms with van der Waals surface area (Å²) in [5, 5.41) is 2.86. The maximum atomic E-state index is 12.2. The van der Waals surface area contributed by atoms with Crippen LogP contribution in [0, 0.1) is 5.92 Å². The topological polar surface area (TPSA) is 55.4 Å². The van der Waals surface area contributed by atoms with Gasteiger partial charge in [-0.25, -0.2) is 4.79 Å². The summed E-state index contributed by atoms with van der Waals surface area (Å²) in [6, 6.07) is 5.17. The molecule has 0 unspecified atom stereocenters. The number of rotatable bonds is 3. The molecule has 1 aliphatic carbocycles. The van der Waals surface area contributed by atoms with Gasteiger partial charge in [-0.05, 0) is 31.0 Å². The predicted octanol–water partition coefficient (Wildman–Crippen LogP) is 3.75. The molecule has 1 fully saturated rings. The average Bonchev–Trinajstić information content (AvgIpc) is 2.49. The molecule has 0 spiro atoms. The summed E-state index contributed by atoms with van der Waals surface area (Å²) in [6.45, 7) is 0. The Balaban J connectivity index is 2.15. The quantitative estimate of drug-likeness (QED) is 0.853. The van der Waals surface area contributed by atoms with Gasteiger partial charge >= 0.3 is 5.97 Å². The maximum Gasteiger partial charge on any atom is 0.340 e. The van der Waals surface area contributed by atoms with Crippen LogP contribution >= 0.6 is 15.9 Å². The molecule has 0 heterocycles. The van der Waals surface area contributed by atoms with Crippen LogP contribution in [0.4, 0.5) is 5.69 Å². The number of hydrogen-bond donors (Lipinski definition) is 1. The number of carbonyl (C=O) groups is 2. The van der Waals surface area contributed by atoms with Crippen molar-refractivity contribution in [1.29, 1.82) is 0 Å². The van der Waals surface area contributed by atoms with Crippen LogP contribution < -0.4 is 5.32 Å². The molecule has 1 aromatic carbocycles. The molecule has 4 nitrogen and oxygen atoms in total. The van der Waals surface area contributed by atoms with E-state index in [2.05, 4.69) is 21.2 Å². The number of benzene rings is 1. The zero-order chi connectivity index (χ0) is 14.5. The lowest BCUT2D eigenvalue weighted by Gasteiger charge is -2.21. The second-order valence-corrected chi connectivity index (χ2v) is 5.92. The standard InChI is InChI=1S/C15H18BrNO3/c1-20-15(19)12-9-11(16)7-8-13(12)17-14(18)10-5-3-2-4-6-10/h7-10H,2-6H2,1H3,(H,17,18). The Kier molecular flexibility index (Phi) is 5.17. The summed E-state index contributed by atoms with van der Waals surface area (Å²) in [6.07, 6.45) is 5.26. The first-order valence-electron chi connectivity index (χ1n) is 6.80. The minimum atomic E-state index is -0.453. The van der Waals surface area contributed by atoms with E-state index in [4.69, 9.17) is 4.74 Å². The van der Waals surface area contributed by atoms with Gasteiger partial charge in [0.1, 0.15) is 0 Å². The van der Waals surface area contributed by atoms with Crippen LogP contribution in [-0.4, -0.2) is 19.0 Å². The molecule has 1 amide bonds. The Morgan fingerprint density at radius 2 is 1.95 bits per heavy atom. The Morgan fingerprint density at radius 3 is 2.60 bits per heavy atom. The minimum Gasteiger partial charge on any atom is -0.465 e. The highest BCUT2D eigenvalue weighted by atomic mass is 79.9. The molecule has 1 aliphatic rings. The Morgan fingerprint density at radius 1 is 1.25 bits per heavy atom. The number of anilines is 1. The SMILES string of the molecule is COC(=O)c1cc(Br)ccc1NC(=O)C1CCCCC1. The van der Waals surface area contributed by atoms with Crippen molar-refractivity contribution < 1.29 is 14.3 Å². The maximum absolute atomic E-state index is 12.2. The summed E-state index contributed by atoms with van der Waals surface area (Å²) in [4.78, 5) is 24.0. The lowest BCUT2D eigenvalue weighted by atomic mass is 9.88. The fraction of sp³-hybridized carbons (Fsp3) is 0.467. The summed E-state index contributed by atoms with van der Waals surface area (Å²) < 4.78 is 5.52. The van der Waals surface area contributed by atoms with E-state index >= 15 is 0 Å². The molecular weight excluding hydrogens is 322 g/mol. The van der Waals surface area contributed by atoms with Crippen LogP contribution in [0.2, 0.25) is 0 Å². The van der Waals surface area contributed by atoms with Crippen LogP contribution in [-0.2, 0) is 9.53 Å². The summed E-state index contributed by atoms with van der Waals surface area (Å²) in [5.74, 6) is -0.402. The van der Waals surface area contributed by atoms with E-state index < -0.39 is 5.97 Å². The van der Waals surface area contributed by atoms with Gasteiger partial charge in [-0.1, -0.05) is 35.2 Å². The van der Waals surface area contributed by atoms with Crippen molar-refractivity contribution >= 4 is 33.5 Å². The molecule has 1 aromatic rings. The van der Waals surface area contributed by atoms with Crippen molar-refractivity contribution in [3.8, 4) is 0 Å². The number of nitrogens with one attached hydrogen (secondary N) is 1. The molecule has 0 aliphatic heterocycles. The normalized spacial score (nSPS) is 15.7. The number of esters is 1. The highest BCUT2D eigenvalue weighted by Gasteiger charge is 2.23. The first-order valence-corrected chi connectivity index (χ1v) is 7.60. The molecule has 0 aromatic heterocycles. The monoisotopic (exact) mass is 339 g/mol. The fourth-order valence-corrected chi connectivity index (χ4v) is 2.86. The third kappa shape index (κ3) is 3.60. The summed E-state index contributed by atoms with van der Waals surface area (Å²) in [7, 11) is 1.33. The molecule has 0 bridgehead atoms. The first-order chi connectivity index (χ1) is 9.61. The number of methoxy groups -OCH3 is 1. The van der Waals surface area contributed by atoms with Crippen molar-refractivity contribution in [3.05, 3.63) is 28.2 Å². The molecular formula is C15H18BrNO3. The Hall–Kier alpha value is -1.36. The lowest BCUT2D eigenvalue weighted by Crippen LogP contribution is -2.25. The van der Waals surface area contributed by atoms with Crippen LogP contribution in [0.25, 0.3) is 0 Å². The first kappa shape index (κ1) is 15.0. The minimum absolute atomic E-state index is 0.00262. The number of halogens is 1. The third-order valence-corrected chi connectivity index (χ3v) is 4.11. The molecule has 20 heavy (non-hydrogen) atoms. The Bertz CT molecular complexity index is 510. The van der Waals surface area contributed by atoms with Gasteiger partial charge in [0.2, 0.25) is 5.91 Å². The number of hydrogen-bond acceptors (Lipinski definition) is 3. The molecule has 2 rings (SSSR count). The van der Waals surface area contributed by atoms with E-state index in [-0.39, 0.29) is 11.8 Å². The van der Waals surface area contributed by atoms with E-state index in [1.165, 1.54) is 13.5 Å². The van der Waals surface area contributed by atoms with Crippen molar-refractivity contribution in [2.75, 3.05) is 12.4 Å². The smallest absolute Gasteiger partial charge is 0.340 e. The molecule has 5 heteroatoms. The number of amides is 1. The highest BCUT2D eigenvalue weighted by molar-refractivity contribution is 9.10. The second kappa shape index (κ2) is 6.88. The lowest BCUT2D eigenvalue weighted by molar-refractivity contribution is -0.120. The molecule has 0 saturated heterocycles. The Labute approximate surface area is 127 Å². The summed E-state index contributed by atoms with van der Waals surface area (Å²) >= 11 is 3.32. The third-order valence-electron chi connectivity index (χ3n) is 3.62. The second-order valence-electron chi connectivity index (χ2n) is 5.01. The highest BCUT2D eigenvalue weighted by Crippen LogP contribution is 2.27. The average molecular weight is 340 g/mol. The van der Waals surface area contributed by atoms with Crippen molar-refractivity contribution in [2.45, 2.75) is 32.1 Å².